The van der Waals surface area contributed by atoms with Crippen molar-refractivity contribution in [2.75, 3.05) is 39.6 Å². The van der Waals surface area contributed by atoms with Crippen LogP contribution in [0.5, 0.6) is 0 Å². The molecule has 0 spiro atoms. The molecule has 506 valence electrons. The molecule has 0 fully saturated rings. The third-order valence-electron chi connectivity index (χ3n) is 12.2. The normalized spacial score (nSPS) is 13.3. The van der Waals surface area contributed by atoms with Crippen LogP contribution >= 0.6 is 179 Å². The molecule has 0 aromatic rings. The van der Waals surface area contributed by atoms with Crippen molar-refractivity contribution in [1.82, 2.24) is 0 Å². The fourth-order valence-corrected chi connectivity index (χ4v) is 24.3. The van der Waals surface area contributed by atoms with E-state index < -0.39 is 158 Å². The Labute approximate surface area is 589 Å². The van der Waals surface area contributed by atoms with Crippen molar-refractivity contribution in [3.8, 4) is 0 Å². The molecule has 0 saturated heterocycles. The molecule has 0 atom stereocenters. The van der Waals surface area contributed by atoms with Crippen molar-refractivity contribution < 1.29 is 102 Å². The van der Waals surface area contributed by atoms with E-state index in [0.717, 1.165) is 118 Å². The van der Waals surface area contributed by atoms with Gasteiger partial charge in [0.2, 0.25) is 0 Å². The molecule has 36 heteroatoms. The zero-order valence-corrected chi connectivity index (χ0v) is 64.9. The summed E-state index contributed by atoms with van der Waals surface area (Å²) in [6, 6.07) is 0. The molecule has 0 rings (SSSR count). The van der Waals surface area contributed by atoms with Gasteiger partial charge in [0.05, 0.1) is 17.4 Å². The third-order valence-corrected chi connectivity index (χ3v) is 25.7. The molecule has 0 radical (unpaired) electrons. The van der Waals surface area contributed by atoms with E-state index in [1.807, 2.05) is 0 Å². The Morgan fingerprint density at radius 2 is 0.382 bits per heavy atom. The Morgan fingerprint density at radius 1 is 0.258 bits per heavy atom. The zero-order chi connectivity index (χ0) is 70.5. The van der Waals surface area contributed by atoms with E-state index in [0.29, 0.717) is 0 Å². The van der Waals surface area contributed by atoms with Gasteiger partial charge in [-0.15, -0.1) is 0 Å². The van der Waals surface area contributed by atoms with E-state index in [9.17, 15) is 78.6 Å². The Morgan fingerprint density at radius 3 is 0.506 bits per heavy atom. The van der Waals surface area contributed by atoms with Gasteiger partial charge >= 0.3 is 59.7 Å². The maximum absolute atomic E-state index is 14.7. The van der Waals surface area contributed by atoms with E-state index in [4.69, 9.17) is 84.8 Å². The van der Waals surface area contributed by atoms with Gasteiger partial charge in [0.25, 0.3) is 0 Å². The van der Waals surface area contributed by atoms with Crippen LogP contribution in [0.4, 0.5) is 0 Å². The van der Waals surface area contributed by atoms with Gasteiger partial charge in [-0.3, -0.25) is 47.9 Å². The first-order valence-corrected chi connectivity index (χ1v) is 36.1. The van der Waals surface area contributed by atoms with E-state index in [1.54, 1.807) is 0 Å². The number of hydrogen-bond acceptors (Lipinski definition) is 31. The largest absolute Gasteiger partial charge is 0.480 e. The lowest BCUT2D eigenvalue weighted by Crippen LogP contribution is -2.61. The number of aliphatic carboxylic acids is 5. The summed E-state index contributed by atoms with van der Waals surface area (Å²) < 4.78 is 14.6. The second-order valence-corrected chi connectivity index (χ2v) is 46.7. The van der Waals surface area contributed by atoms with Crippen molar-refractivity contribution in [2.45, 2.75) is 186 Å². The minimum atomic E-state index is -2.48. The number of carboxylic acid groups (broad SMARTS) is 5. The highest BCUT2D eigenvalue weighted by molar-refractivity contribution is 8.50. The van der Waals surface area contributed by atoms with E-state index in [-0.39, 0.29) is 17.6 Å². The van der Waals surface area contributed by atoms with Gasteiger partial charge in [0, 0.05) is 0 Å². The van der Waals surface area contributed by atoms with Gasteiger partial charge in [-0.2, -0.15) is 0 Å². The topological polar surface area (TPSA) is 338 Å². The highest BCUT2D eigenvalue weighted by Gasteiger charge is 2.59. The molecule has 0 aliphatic rings. The quantitative estimate of drug-likeness (QED) is 0.0207. The summed E-state index contributed by atoms with van der Waals surface area (Å²) >= 11 is 35.1. The first-order chi connectivity index (χ1) is 39.7. The molecular weight excluding hydrogens is 1450 g/mol. The highest BCUT2D eigenvalue weighted by Crippen LogP contribution is 2.48. The summed E-state index contributed by atoms with van der Waals surface area (Å²) in [5.41, 5.74) is -4.95. The molecule has 0 saturated carbocycles. The Hall–Kier alpha value is -1.39. The summed E-state index contributed by atoms with van der Waals surface area (Å²) in [5.74, 6) is -11.6. The number of carbonyl (C=O) groups is 10. The predicted octanol–water partition coefficient (Wildman–Crippen LogP) is 11.6. The molecule has 21 nitrogen and oxygen atoms in total. The van der Waals surface area contributed by atoms with Gasteiger partial charge in [0.1, 0.15) is 98.1 Å². The minimum absolute atomic E-state index is 0.0102. The van der Waals surface area contributed by atoms with Gasteiger partial charge in [-0.1, -0.05) is 179 Å². The maximum Gasteiger partial charge on any atom is 0.322 e. The monoisotopic (exact) mass is 1530 g/mol. The van der Waals surface area contributed by atoms with Crippen LogP contribution in [-0.2, 0) is 71.6 Å². The second-order valence-electron chi connectivity index (χ2n) is 24.5. The van der Waals surface area contributed by atoms with Gasteiger partial charge in [-0.25, -0.2) is 0 Å². The molecule has 0 aromatic heterocycles. The molecule has 0 aromatic carbocycles. The molecule has 0 heterocycles. The summed E-state index contributed by atoms with van der Waals surface area (Å²) in [6.45, 7) is 20.9. The molecule has 0 aliphatic carbocycles. The lowest BCUT2D eigenvalue weighted by atomic mass is 9.65. The summed E-state index contributed by atoms with van der Waals surface area (Å²) in [6.07, 6.45) is 0. The number of esters is 5. The zero-order valence-electron chi connectivity index (χ0n) is 52.7. The standard InChI is InChI=1S/C53H78O21S15/c1-42(2,27(55)56)80-37(75)85-47(11,12)32(65)70-22-52(21-54,23-71-33(66)48(13,14)86-38(76)81-43(3,4)28(57)58)53(24-72-34(67)49(15,16)87-39(77)82-44(5,6)29(59)60,25-73-35(68)50(17,18)88-40(78)83-45(7,8)30(61)62)26-74-36(69)51(19,20)89-41(79)84-46(9,10)31(63)64/h54H,21-26H2,1-20H3,(H,55,56)(H,57,58)(H,59,60)(H,61,62)(H,63,64). The number of carbonyl (C=O) groups excluding carboxylic acids is 5. The highest BCUT2D eigenvalue weighted by atomic mass is 32.2. The summed E-state index contributed by atoms with van der Waals surface area (Å²) in [7, 11) is 0. The van der Waals surface area contributed by atoms with E-state index in [1.165, 1.54) is 138 Å². The van der Waals surface area contributed by atoms with Crippen LogP contribution in [0.15, 0.2) is 0 Å². The lowest BCUT2D eigenvalue weighted by molar-refractivity contribution is -0.207. The smallest absolute Gasteiger partial charge is 0.322 e. The molecule has 0 aliphatic heterocycles. The fraction of sp³-hybridized carbons (Fsp3) is 0.717. The van der Waals surface area contributed by atoms with Crippen LogP contribution < -0.4 is 0 Å². The Kier molecular flexibility index (Phi) is 33.5. The maximum atomic E-state index is 14.7. The number of carboxylic acids is 5. The van der Waals surface area contributed by atoms with Gasteiger partial charge in [0.15, 0.2) is 0 Å². The number of ether oxygens (including phenoxy) is 5. The van der Waals surface area contributed by atoms with E-state index in [2.05, 4.69) is 0 Å². The SMILES string of the molecule is CC(C)(SC(=S)SC(C)(C)C(=O)OCC(CO)(COC(=O)C(C)(C)SC(=S)SC(C)(C)C(=O)O)C(COC(=O)C(C)(C)SC(=S)SC(C)(C)C(=O)O)(COC(=O)C(C)(C)SC(=S)SC(C)(C)C(=O)O)COC(=O)C(C)(C)SC(=S)SC(C)(C)C(=O)O)C(=O)O. The van der Waals surface area contributed by atoms with Crippen molar-refractivity contribution in [3.63, 3.8) is 0 Å². The second kappa shape index (κ2) is 34.0. The molecular formula is C53H78O21S15. The van der Waals surface area contributed by atoms with Crippen molar-refractivity contribution in [2.24, 2.45) is 10.8 Å². The number of rotatable bonds is 32. The molecule has 89 heavy (non-hydrogen) atoms. The van der Waals surface area contributed by atoms with Crippen LogP contribution in [0, 0.1) is 10.8 Å². The number of aliphatic hydroxyl groups is 1. The number of aliphatic hydroxyl groups excluding tert-OH is 1. The fourth-order valence-electron chi connectivity index (χ4n) is 5.69. The van der Waals surface area contributed by atoms with Crippen molar-refractivity contribution in [1.29, 1.82) is 0 Å². The predicted molar refractivity (Wildman–Crippen MR) is 385 cm³/mol. The van der Waals surface area contributed by atoms with E-state index >= 15 is 0 Å². The molecule has 6 N–H and O–H groups in total. The molecule has 0 bridgehead atoms. The first kappa shape index (κ1) is 87.6. The minimum Gasteiger partial charge on any atom is -0.480 e. The third kappa shape index (κ3) is 27.3. The van der Waals surface area contributed by atoms with Crippen molar-refractivity contribution in [3.05, 3.63) is 0 Å². The van der Waals surface area contributed by atoms with Crippen LogP contribution in [-0.4, -0.2) is 195 Å². The average Bonchev–Trinajstić information content (AvgIpc) is 1.09. The lowest BCUT2D eigenvalue weighted by Gasteiger charge is -2.48. The van der Waals surface area contributed by atoms with Gasteiger partial charge < -0.3 is 54.3 Å². The molecule has 0 amide bonds. The van der Waals surface area contributed by atoms with Crippen LogP contribution in [0.3, 0.4) is 0 Å². The average molecular weight is 1530 g/mol. The first-order valence-electron chi connectivity index (χ1n) is 25.9. The summed E-state index contributed by atoms with van der Waals surface area (Å²) in [4.78, 5) is 134. The number of thioether (sulfide) groups is 10. The van der Waals surface area contributed by atoms with Crippen molar-refractivity contribution >= 4 is 256 Å². The Bertz CT molecular complexity index is 2530. The number of thiocarbonyl (C=S) groups is 5. The van der Waals surface area contributed by atoms with Gasteiger partial charge in [-0.05, 0) is 138 Å². The van der Waals surface area contributed by atoms with Crippen LogP contribution in [0.25, 0.3) is 0 Å². The van der Waals surface area contributed by atoms with Crippen LogP contribution in [0.1, 0.15) is 138 Å². The Balaban J connectivity index is 8.98. The molecule has 0 unspecified atom stereocenters. The van der Waals surface area contributed by atoms with Crippen LogP contribution in [0.2, 0.25) is 0 Å². The number of hydrogen-bond donors (Lipinski definition) is 6. The summed E-state index contributed by atoms with van der Waals surface area (Å²) in [5, 5.41) is 61.4.